The van der Waals surface area contributed by atoms with Gasteiger partial charge in [0.2, 0.25) is 0 Å². The number of carbonyl (C=O) groups is 2. The summed E-state index contributed by atoms with van der Waals surface area (Å²) in [5.41, 5.74) is 4.12. The summed E-state index contributed by atoms with van der Waals surface area (Å²) in [6.45, 7) is 1.43. The zero-order valence-corrected chi connectivity index (χ0v) is 17.4. The highest BCUT2D eigenvalue weighted by Crippen LogP contribution is 2.30. The third-order valence-electron chi connectivity index (χ3n) is 5.43. The van der Waals surface area contributed by atoms with Gasteiger partial charge in [-0.15, -0.1) is 0 Å². The zero-order chi connectivity index (χ0) is 22.2. The molecule has 0 spiro atoms. The van der Waals surface area contributed by atoms with Gasteiger partial charge in [0.15, 0.2) is 0 Å². The van der Waals surface area contributed by atoms with Crippen LogP contribution in [0.2, 0.25) is 0 Å². The van der Waals surface area contributed by atoms with Crippen LogP contribution < -0.4 is 4.90 Å². The fourth-order valence-corrected chi connectivity index (χ4v) is 3.74. The maximum Gasteiger partial charge on any atom is 0.304 e. The van der Waals surface area contributed by atoms with E-state index in [1.165, 1.54) is 0 Å². The van der Waals surface area contributed by atoms with E-state index < -0.39 is 18.2 Å². The zero-order valence-electron chi connectivity index (χ0n) is 17.4. The topological polar surface area (TPSA) is 101 Å². The van der Waals surface area contributed by atoms with Crippen LogP contribution in [-0.4, -0.2) is 58.0 Å². The van der Waals surface area contributed by atoms with Crippen molar-refractivity contribution >= 4 is 29.8 Å². The summed E-state index contributed by atoms with van der Waals surface area (Å²) in [5, 5.41) is 29.1. The molecular formula is C24H28N2O5. The first kappa shape index (κ1) is 22.5. The van der Waals surface area contributed by atoms with E-state index in [1.54, 1.807) is 4.90 Å². The number of aliphatic hydroxyl groups is 1. The smallest absolute Gasteiger partial charge is 0.304 e. The lowest BCUT2D eigenvalue weighted by atomic mass is 10.0. The lowest BCUT2D eigenvalue weighted by molar-refractivity contribution is -0.137. The van der Waals surface area contributed by atoms with E-state index in [1.807, 2.05) is 59.5 Å². The van der Waals surface area contributed by atoms with Crippen molar-refractivity contribution in [1.82, 2.24) is 4.90 Å². The largest absolute Gasteiger partial charge is 0.481 e. The number of benzene rings is 2. The lowest BCUT2D eigenvalue weighted by Crippen LogP contribution is -2.39. The Balaban J connectivity index is 1.77. The molecule has 0 amide bonds. The fourth-order valence-electron chi connectivity index (χ4n) is 3.74. The summed E-state index contributed by atoms with van der Waals surface area (Å²) in [6.07, 6.45) is 3.54. The van der Waals surface area contributed by atoms with Gasteiger partial charge >= 0.3 is 11.9 Å². The van der Waals surface area contributed by atoms with Gasteiger partial charge in [-0.1, -0.05) is 54.6 Å². The summed E-state index contributed by atoms with van der Waals surface area (Å²) in [4.78, 5) is 25.6. The van der Waals surface area contributed by atoms with Crippen molar-refractivity contribution in [3.63, 3.8) is 0 Å². The molecule has 0 radical (unpaired) electrons. The van der Waals surface area contributed by atoms with Crippen LogP contribution in [0.15, 0.2) is 48.5 Å². The quantitative estimate of drug-likeness (QED) is 0.539. The molecule has 0 aliphatic carbocycles. The molecule has 7 nitrogen and oxygen atoms in total. The second-order valence-corrected chi connectivity index (χ2v) is 7.62. The molecule has 0 aromatic heterocycles. The molecule has 0 bridgehead atoms. The predicted molar refractivity (Wildman–Crippen MR) is 120 cm³/mol. The average molecular weight is 424 g/mol. The predicted octanol–water partition coefficient (Wildman–Crippen LogP) is 3.14. The van der Waals surface area contributed by atoms with Gasteiger partial charge in [-0.2, -0.15) is 0 Å². The Labute approximate surface area is 181 Å². The number of hydrogen-bond donors (Lipinski definition) is 3. The molecule has 1 aliphatic heterocycles. The number of aliphatic hydroxyl groups excluding tert-OH is 1. The highest BCUT2D eigenvalue weighted by molar-refractivity contribution is 5.79. The Bertz CT molecular complexity index is 925. The molecule has 0 saturated carbocycles. The summed E-state index contributed by atoms with van der Waals surface area (Å²) >= 11 is 0. The molecule has 1 unspecified atom stereocenters. The first-order chi connectivity index (χ1) is 14.9. The number of rotatable bonds is 10. The molecule has 3 N–H and O–H groups in total. The standard InChI is InChI=1S/C24H28N2O5/c27-22(11-14-25(15-12-23(28)29)16-13-24(30)31)26-17-20-7-2-1-5-18(20)9-10-19-6-3-4-8-21(19)26/h1-10,22,27H,11-17H2,(H,28,29)(H,30,31)/b10-9-. The van der Waals surface area contributed by atoms with Crippen LogP contribution in [0.4, 0.5) is 5.69 Å². The second-order valence-electron chi connectivity index (χ2n) is 7.62. The van der Waals surface area contributed by atoms with Crippen molar-refractivity contribution in [3.05, 3.63) is 65.2 Å². The van der Waals surface area contributed by atoms with Gasteiger partial charge in [0, 0.05) is 38.3 Å². The first-order valence-corrected chi connectivity index (χ1v) is 10.4. The van der Waals surface area contributed by atoms with E-state index in [0.29, 0.717) is 19.5 Å². The van der Waals surface area contributed by atoms with Gasteiger partial charge in [0.25, 0.3) is 0 Å². The lowest BCUT2D eigenvalue weighted by Gasteiger charge is -2.34. The maximum absolute atomic E-state index is 11.1. The van der Waals surface area contributed by atoms with E-state index >= 15 is 0 Å². The Kier molecular flexibility index (Phi) is 7.81. The first-order valence-electron chi connectivity index (χ1n) is 10.4. The Morgan fingerprint density at radius 1 is 0.871 bits per heavy atom. The van der Waals surface area contributed by atoms with Crippen LogP contribution in [-0.2, 0) is 16.1 Å². The molecular weight excluding hydrogens is 396 g/mol. The number of carboxylic acids is 2. The van der Waals surface area contributed by atoms with Gasteiger partial charge in [-0.3, -0.25) is 9.59 Å². The molecule has 2 aromatic carbocycles. The highest BCUT2D eigenvalue weighted by Gasteiger charge is 2.22. The van der Waals surface area contributed by atoms with Crippen molar-refractivity contribution in [3.8, 4) is 0 Å². The number of para-hydroxylation sites is 1. The molecule has 1 heterocycles. The molecule has 164 valence electrons. The van der Waals surface area contributed by atoms with E-state index in [-0.39, 0.29) is 25.9 Å². The van der Waals surface area contributed by atoms with Gasteiger partial charge in [-0.25, -0.2) is 0 Å². The van der Waals surface area contributed by atoms with Crippen LogP contribution in [0.3, 0.4) is 0 Å². The Hall–Kier alpha value is -3.16. The normalized spacial score (nSPS) is 14.8. The van der Waals surface area contributed by atoms with Gasteiger partial charge in [-0.05, 0) is 22.8 Å². The van der Waals surface area contributed by atoms with E-state index in [4.69, 9.17) is 10.2 Å². The van der Waals surface area contributed by atoms with Crippen LogP contribution in [0.5, 0.6) is 0 Å². The highest BCUT2D eigenvalue weighted by atomic mass is 16.4. The van der Waals surface area contributed by atoms with Crippen LogP contribution >= 0.6 is 0 Å². The molecule has 0 fully saturated rings. The number of anilines is 1. The summed E-state index contributed by atoms with van der Waals surface area (Å²) in [7, 11) is 0. The Morgan fingerprint density at radius 3 is 2.13 bits per heavy atom. The number of fused-ring (bicyclic) bond motifs is 2. The van der Waals surface area contributed by atoms with Crippen LogP contribution in [0, 0.1) is 0 Å². The molecule has 3 rings (SSSR count). The summed E-state index contributed by atoms with van der Waals surface area (Å²) in [6, 6.07) is 15.9. The molecule has 1 aliphatic rings. The van der Waals surface area contributed by atoms with Crippen molar-refractivity contribution in [2.75, 3.05) is 24.5 Å². The molecule has 1 atom stereocenters. The summed E-state index contributed by atoms with van der Waals surface area (Å²) in [5.74, 6) is -1.86. The minimum Gasteiger partial charge on any atom is -0.481 e. The van der Waals surface area contributed by atoms with E-state index in [9.17, 15) is 14.7 Å². The van der Waals surface area contributed by atoms with Crippen LogP contribution in [0.25, 0.3) is 12.2 Å². The Morgan fingerprint density at radius 2 is 1.45 bits per heavy atom. The number of hydrogen-bond acceptors (Lipinski definition) is 5. The van der Waals surface area contributed by atoms with Crippen molar-refractivity contribution < 1.29 is 24.9 Å². The van der Waals surface area contributed by atoms with E-state index in [2.05, 4.69) is 6.08 Å². The number of nitrogens with zero attached hydrogens (tertiary/aromatic N) is 2. The van der Waals surface area contributed by atoms with Gasteiger partial charge in [0.05, 0.1) is 12.8 Å². The monoisotopic (exact) mass is 424 g/mol. The number of aliphatic carboxylic acids is 2. The number of carboxylic acid groups (broad SMARTS) is 2. The minimum atomic E-state index is -0.929. The molecule has 31 heavy (non-hydrogen) atoms. The van der Waals surface area contributed by atoms with Crippen LogP contribution in [0.1, 0.15) is 36.0 Å². The van der Waals surface area contributed by atoms with E-state index in [0.717, 1.165) is 22.4 Å². The van der Waals surface area contributed by atoms with Gasteiger partial charge < -0.3 is 25.1 Å². The average Bonchev–Trinajstić information content (AvgIpc) is 2.74. The third kappa shape index (κ3) is 6.41. The molecule has 7 heteroatoms. The van der Waals surface area contributed by atoms with Crippen molar-refractivity contribution in [1.29, 1.82) is 0 Å². The van der Waals surface area contributed by atoms with Crippen molar-refractivity contribution in [2.45, 2.75) is 32.0 Å². The van der Waals surface area contributed by atoms with Gasteiger partial charge in [0.1, 0.15) is 6.23 Å². The maximum atomic E-state index is 11.1. The SMILES string of the molecule is O=C(O)CCN(CCC(=O)O)CCC(O)N1Cc2ccccc2/C=C\c2ccccc21. The minimum absolute atomic E-state index is 0.0690. The molecule has 2 aromatic rings. The third-order valence-corrected chi connectivity index (χ3v) is 5.43. The summed E-state index contributed by atoms with van der Waals surface area (Å²) < 4.78 is 0. The fraction of sp³-hybridized carbons (Fsp3) is 0.333. The van der Waals surface area contributed by atoms with Crippen molar-refractivity contribution in [2.24, 2.45) is 0 Å². The molecule has 0 saturated heterocycles. The second kappa shape index (κ2) is 10.7.